The van der Waals surface area contributed by atoms with Gasteiger partial charge in [0.15, 0.2) is 5.75 Å². The number of nitrogens with two attached hydrogens (primary N) is 2. The topological polar surface area (TPSA) is 81.5 Å². The minimum atomic E-state index is -0.199. The van der Waals surface area contributed by atoms with E-state index in [9.17, 15) is 0 Å². The number of phenolic OH excluding ortho intramolecular Hbond substituents is 1. The van der Waals surface area contributed by atoms with Crippen LogP contribution in [0.25, 0.3) is 0 Å². The Morgan fingerprint density at radius 3 is 2.42 bits per heavy atom. The van der Waals surface area contributed by atoms with Crippen LogP contribution < -0.4 is 15.8 Å². The summed E-state index contributed by atoms with van der Waals surface area (Å²) in [5, 5.41) is 9.22. The van der Waals surface area contributed by atoms with E-state index < -0.39 is 0 Å². The fourth-order valence-corrected chi connectivity index (χ4v) is 1.18. The lowest BCUT2D eigenvalue weighted by molar-refractivity contribution is 0.477. The van der Waals surface area contributed by atoms with Crippen molar-refractivity contribution in [3.63, 3.8) is 0 Å². The molecule has 0 unspecified atom stereocenters. The largest absolute Gasteiger partial charge is 0.506 e. The molecule has 0 saturated carbocycles. The fourth-order valence-electron chi connectivity index (χ4n) is 0.731. The van der Waals surface area contributed by atoms with E-state index in [1.54, 1.807) is 0 Å². The summed E-state index contributed by atoms with van der Waals surface area (Å²) in [5.74, 6) is -0.149. The lowest BCUT2D eigenvalue weighted by Crippen LogP contribution is -1.97. The lowest BCUT2D eigenvalue weighted by Gasteiger charge is -2.07. The highest BCUT2D eigenvalue weighted by atomic mass is 35.5. The lowest BCUT2D eigenvalue weighted by atomic mass is 10.2. The molecule has 1 rings (SSSR count). The van der Waals surface area contributed by atoms with E-state index in [4.69, 9.17) is 40.0 Å². The quantitative estimate of drug-likeness (QED) is 0.486. The normalized spacial score (nSPS) is 9.83. The average molecular weight is 209 g/mol. The molecule has 4 nitrogen and oxygen atoms in total. The highest BCUT2D eigenvalue weighted by Crippen LogP contribution is 2.41. The predicted molar refractivity (Wildman–Crippen MR) is 48.4 cm³/mol. The highest BCUT2D eigenvalue weighted by molar-refractivity contribution is 6.33. The Kier molecular flexibility index (Phi) is 2.40. The monoisotopic (exact) mass is 208 g/mol. The van der Waals surface area contributed by atoms with Crippen molar-refractivity contribution in [2.45, 2.75) is 0 Å². The molecule has 1 aromatic rings. The van der Waals surface area contributed by atoms with Crippen LogP contribution in [0.3, 0.4) is 0 Å². The minimum absolute atomic E-state index is 0.00458. The Labute approximate surface area is 78.8 Å². The zero-order valence-electron chi connectivity index (χ0n) is 5.84. The molecular formula is C6H6Cl2N2O2. The molecule has 0 bridgehead atoms. The summed E-state index contributed by atoms with van der Waals surface area (Å²) < 4.78 is 4.34. The molecule has 0 fully saturated rings. The van der Waals surface area contributed by atoms with Gasteiger partial charge in [0.1, 0.15) is 29.0 Å². The minimum Gasteiger partial charge on any atom is -0.506 e. The van der Waals surface area contributed by atoms with E-state index >= 15 is 0 Å². The number of phenols is 1. The molecule has 5 N–H and O–H groups in total. The Hall–Kier alpha value is -1.00. The van der Waals surface area contributed by atoms with E-state index in [1.165, 1.54) is 6.07 Å². The van der Waals surface area contributed by atoms with Crippen LogP contribution in [0.2, 0.25) is 5.02 Å². The SMILES string of the molecule is Nc1c(O)cc(Cl)c(OCl)c1N. The van der Waals surface area contributed by atoms with Crippen molar-refractivity contribution in [1.29, 1.82) is 0 Å². The van der Waals surface area contributed by atoms with Crippen LogP contribution in [0.5, 0.6) is 11.5 Å². The number of halogens is 2. The molecule has 0 saturated heterocycles. The molecule has 0 heterocycles. The summed E-state index contributed by atoms with van der Waals surface area (Å²) in [4.78, 5) is 0. The number of anilines is 2. The maximum atomic E-state index is 9.11. The zero-order valence-corrected chi connectivity index (χ0v) is 7.36. The first-order valence-electron chi connectivity index (χ1n) is 2.93. The summed E-state index contributed by atoms with van der Waals surface area (Å²) >= 11 is 10.7. The molecule has 0 atom stereocenters. The van der Waals surface area contributed by atoms with Crippen molar-refractivity contribution < 1.29 is 9.40 Å². The number of hydrogen-bond acceptors (Lipinski definition) is 4. The summed E-state index contributed by atoms with van der Waals surface area (Å²) in [5.41, 5.74) is 10.8. The van der Waals surface area contributed by atoms with Gasteiger partial charge in [-0.25, -0.2) is 0 Å². The molecule has 0 radical (unpaired) electrons. The highest BCUT2D eigenvalue weighted by Gasteiger charge is 2.13. The molecule has 66 valence electrons. The number of rotatable bonds is 1. The van der Waals surface area contributed by atoms with Crippen LogP contribution in [0.4, 0.5) is 11.4 Å². The van der Waals surface area contributed by atoms with Gasteiger partial charge in [-0.2, -0.15) is 0 Å². The van der Waals surface area contributed by atoms with Gasteiger partial charge >= 0.3 is 0 Å². The van der Waals surface area contributed by atoms with Gasteiger partial charge in [0, 0.05) is 6.07 Å². The van der Waals surface area contributed by atoms with E-state index in [1.807, 2.05) is 0 Å². The Bertz CT molecular complexity index is 317. The second kappa shape index (κ2) is 3.16. The molecular weight excluding hydrogens is 203 g/mol. The standard InChI is InChI=1S/C6H6Cl2N2O2/c7-2-1-3(11)4(9)5(10)6(2)12-8/h1,11H,9-10H2. The fraction of sp³-hybridized carbons (Fsp3) is 0. The third-order valence-electron chi connectivity index (χ3n) is 1.37. The van der Waals surface area contributed by atoms with Crippen molar-refractivity contribution in [2.24, 2.45) is 0 Å². The average Bonchev–Trinajstić information content (AvgIpc) is 2.01. The summed E-state index contributed by atoms with van der Waals surface area (Å²) in [7, 11) is 0. The summed E-state index contributed by atoms with van der Waals surface area (Å²) in [6.45, 7) is 0. The number of benzene rings is 1. The van der Waals surface area contributed by atoms with Crippen molar-refractivity contribution in [3.05, 3.63) is 11.1 Å². The predicted octanol–water partition coefficient (Wildman–Crippen LogP) is 1.74. The molecule has 0 aliphatic rings. The molecule has 0 spiro atoms. The number of hydrogen-bond donors (Lipinski definition) is 3. The van der Waals surface area contributed by atoms with E-state index in [-0.39, 0.29) is 27.9 Å². The van der Waals surface area contributed by atoms with E-state index in [2.05, 4.69) is 4.29 Å². The Morgan fingerprint density at radius 1 is 1.33 bits per heavy atom. The molecule has 1 aromatic carbocycles. The second-order valence-electron chi connectivity index (χ2n) is 2.11. The van der Waals surface area contributed by atoms with Gasteiger partial charge in [0.25, 0.3) is 0 Å². The van der Waals surface area contributed by atoms with Crippen molar-refractivity contribution in [1.82, 2.24) is 0 Å². The van der Waals surface area contributed by atoms with Gasteiger partial charge in [0.2, 0.25) is 0 Å². The number of aromatic hydroxyl groups is 1. The third kappa shape index (κ3) is 1.31. The van der Waals surface area contributed by atoms with Crippen LogP contribution >= 0.6 is 23.5 Å². The number of nitrogen functional groups attached to an aromatic ring is 2. The molecule has 0 amide bonds. The summed E-state index contributed by atoms with van der Waals surface area (Å²) in [6, 6.07) is 1.20. The van der Waals surface area contributed by atoms with Crippen LogP contribution in [0, 0.1) is 0 Å². The Morgan fingerprint density at radius 2 is 1.92 bits per heavy atom. The van der Waals surface area contributed by atoms with Gasteiger partial charge < -0.3 is 20.9 Å². The molecule has 12 heavy (non-hydrogen) atoms. The molecule has 6 heteroatoms. The first kappa shape index (κ1) is 9.09. The maximum Gasteiger partial charge on any atom is 0.190 e. The zero-order chi connectivity index (χ0) is 9.30. The third-order valence-corrected chi connectivity index (χ3v) is 1.80. The first-order valence-corrected chi connectivity index (χ1v) is 3.61. The smallest absolute Gasteiger partial charge is 0.190 e. The van der Waals surface area contributed by atoms with Crippen LogP contribution in [-0.4, -0.2) is 5.11 Å². The van der Waals surface area contributed by atoms with Crippen molar-refractivity contribution in [2.75, 3.05) is 11.5 Å². The van der Waals surface area contributed by atoms with Crippen molar-refractivity contribution >= 4 is 34.8 Å². The Balaban J connectivity index is 3.40. The van der Waals surface area contributed by atoms with Crippen molar-refractivity contribution in [3.8, 4) is 11.5 Å². The summed E-state index contributed by atoms with van der Waals surface area (Å²) in [6.07, 6.45) is 0. The maximum absolute atomic E-state index is 9.11. The molecule has 0 aromatic heterocycles. The van der Waals surface area contributed by atoms with Gasteiger partial charge in [-0.15, -0.1) is 0 Å². The van der Waals surface area contributed by atoms with Gasteiger partial charge in [-0.05, 0) is 0 Å². The van der Waals surface area contributed by atoms with E-state index in [0.29, 0.717) is 0 Å². The van der Waals surface area contributed by atoms with Crippen LogP contribution in [-0.2, 0) is 0 Å². The molecule has 0 aliphatic carbocycles. The van der Waals surface area contributed by atoms with Gasteiger partial charge in [0.05, 0.1) is 5.02 Å². The first-order chi connectivity index (χ1) is 5.57. The van der Waals surface area contributed by atoms with E-state index in [0.717, 1.165) is 0 Å². The van der Waals surface area contributed by atoms with Gasteiger partial charge in [-0.1, -0.05) is 11.6 Å². The van der Waals surface area contributed by atoms with Crippen LogP contribution in [0.15, 0.2) is 6.07 Å². The molecule has 0 aliphatic heterocycles. The second-order valence-corrected chi connectivity index (χ2v) is 2.67. The van der Waals surface area contributed by atoms with Crippen LogP contribution in [0.1, 0.15) is 0 Å². The van der Waals surface area contributed by atoms with Gasteiger partial charge in [-0.3, -0.25) is 0 Å².